The van der Waals surface area contributed by atoms with Crippen molar-refractivity contribution in [2.24, 2.45) is 5.92 Å². The first-order valence-electron chi connectivity index (χ1n) is 7.22. The molecular weight excluding hydrogens is 241 g/mol. The molecule has 0 spiro atoms. The van der Waals surface area contributed by atoms with E-state index in [9.17, 15) is 4.39 Å². The van der Waals surface area contributed by atoms with Crippen molar-refractivity contribution in [1.29, 1.82) is 0 Å². The molecule has 0 saturated carbocycles. The molecule has 1 aromatic carbocycles. The van der Waals surface area contributed by atoms with Gasteiger partial charge in [0.25, 0.3) is 0 Å². The predicted molar refractivity (Wildman–Crippen MR) is 78.1 cm³/mol. The molecule has 0 aliphatic rings. The summed E-state index contributed by atoms with van der Waals surface area (Å²) in [4.78, 5) is 0. The Bertz CT molecular complexity index is 377. The second kappa shape index (κ2) is 8.16. The molecule has 0 bridgehead atoms. The molecule has 19 heavy (non-hydrogen) atoms. The molecule has 1 atom stereocenters. The van der Waals surface area contributed by atoms with Crippen molar-refractivity contribution in [3.8, 4) is 5.75 Å². The smallest absolute Gasteiger partial charge is 0.165 e. The summed E-state index contributed by atoms with van der Waals surface area (Å²) >= 11 is 0. The molecule has 0 aliphatic carbocycles. The third-order valence-electron chi connectivity index (χ3n) is 3.75. The summed E-state index contributed by atoms with van der Waals surface area (Å²) in [7, 11) is 1.49. The Morgan fingerprint density at radius 1 is 1.21 bits per heavy atom. The van der Waals surface area contributed by atoms with E-state index < -0.39 is 0 Å². The van der Waals surface area contributed by atoms with Gasteiger partial charge in [0.05, 0.1) is 7.11 Å². The molecule has 3 heteroatoms. The zero-order valence-corrected chi connectivity index (χ0v) is 12.5. The molecule has 0 saturated heterocycles. The first kappa shape index (κ1) is 16.0. The van der Waals surface area contributed by atoms with Crippen LogP contribution in [0.15, 0.2) is 18.2 Å². The van der Waals surface area contributed by atoms with Crippen LogP contribution in [0.1, 0.15) is 51.6 Å². The fraction of sp³-hybridized carbons (Fsp3) is 0.625. The van der Waals surface area contributed by atoms with E-state index >= 15 is 0 Å². The predicted octanol–water partition coefficient (Wildman–Crippen LogP) is 4.31. The number of ether oxygens (including phenoxy) is 1. The number of rotatable bonds is 8. The SMILES string of the molecule is CCNC(CC(CC)CC)c1ccc(OC)c(F)c1. The van der Waals surface area contributed by atoms with Crippen molar-refractivity contribution in [3.63, 3.8) is 0 Å². The van der Waals surface area contributed by atoms with Crippen LogP contribution in [0.25, 0.3) is 0 Å². The van der Waals surface area contributed by atoms with Crippen molar-refractivity contribution >= 4 is 0 Å². The maximum atomic E-state index is 13.8. The van der Waals surface area contributed by atoms with Gasteiger partial charge in [-0.15, -0.1) is 0 Å². The van der Waals surface area contributed by atoms with E-state index in [-0.39, 0.29) is 11.9 Å². The minimum atomic E-state index is -0.285. The molecule has 2 nitrogen and oxygen atoms in total. The largest absolute Gasteiger partial charge is 0.494 e. The Kier molecular flexibility index (Phi) is 6.85. The Hall–Kier alpha value is -1.09. The lowest BCUT2D eigenvalue weighted by Gasteiger charge is -2.23. The zero-order valence-electron chi connectivity index (χ0n) is 12.5. The van der Waals surface area contributed by atoms with Crippen molar-refractivity contribution in [2.75, 3.05) is 13.7 Å². The molecule has 0 amide bonds. The van der Waals surface area contributed by atoms with E-state index in [1.807, 2.05) is 6.07 Å². The summed E-state index contributed by atoms with van der Waals surface area (Å²) in [5.41, 5.74) is 1.01. The number of halogens is 1. The summed E-state index contributed by atoms with van der Waals surface area (Å²) in [6, 6.07) is 5.48. The van der Waals surface area contributed by atoms with Gasteiger partial charge in [0.1, 0.15) is 0 Å². The molecule has 1 rings (SSSR count). The van der Waals surface area contributed by atoms with Crippen molar-refractivity contribution in [1.82, 2.24) is 5.32 Å². The molecular formula is C16H26FNO. The molecule has 0 aromatic heterocycles. The zero-order chi connectivity index (χ0) is 14.3. The Morgan fingerprint density at radius 2 is 1.89 bits per heavy atom. The number of hydrogen-bond donors (Lipinski definition) is 1. The van der Waals surface area contributed by atoms with Gasteiger partial charge in [0.2, 0.25) is 0 Å². The second-order valence-electron chi connectivity index (χ2n) is 4.92. The highest BCUT2D eigenvalue weighted by molar-refractivity contribution is 5.31. The van der Waals surface area contributed by atoms with Gasteiger partial charge in [-0.2, -0.15) is 0 Å². The standard InChI is InChI=1S/C16H26FNO/c1-5-12(6-2)10-15(18-7-3)13-8-9-16(19-4)14(17)11-13/h8-9,11-12,15,18H,5-7,10H2,1-4H3. The van der Waals surface area contributed by atoms with Crippen LogP contribution >= 0.6 is 0 Å². The maximum absolute atomic E-state index is 13.8. The average molecular weight is 267 g/mol. The lowest BCUT2D eigenvalue weighted by atomic mass is 9.91. The fourth-order valence-corrected chi connectivity index (χ4v) is 2.44. The lowest BCUT2D eigenvalue weighted by Crippen LogP contribution is -2.23. The topological polar surface area (TPSA) is 21.3 Å². The third-order valence-corrected chi connectivity index (χ3v) is 3.75. The van der Waals surface area contributed by atoms with Gasteiger partial charge in [-0.05, 0) is 36.6 Å². The molecule has 0 fully saturated rings. The van der Waals surface area contributed by atoms with E-state index in [1.54, 1.807) is 12.1 Å². The quantitative estimate of drug-likeness (QED) is 0.757. The van der Waals surface area contributed by atoms with Crippen LogP contribution in [0.3, 0.4) is 0 Å². The summed E-state index contributed by atoms with van der Waals surface area (Å²) in [5.74, 6) is 0.697. The summed E-state index contributed by atoms with van der Waals surface area (Å²) in [6.07, 6.45) is 3.38. The number of nitrogens with one attached hydrogen (secondary N) is 1. The van der Waals surface area contributed by atoms with Gasteiger partial charge in [-0.25, -0.2) is 4.39 Å². The maximum Gasteiger partial charge on any atom is 0.165 e. The fourth-order valence-electron chi connectivity index (χ4n) is 2.44. The highest BCUT2D eigenvalue weighted by Crippen LogP contribution is 2.28. The second-order valence-corrected chi connectivity index (χ2v) is 4.92. The van der Waals surface area contributed by atoms with Crippen LogP contribution in [0.4, 0.5) is 4.39 Å². The van der Waals surface area contributed by atoms with Gasteiger partial charge >= 0.3 is 0 Å². The van der Waals surface area contributed by atoms with Crippen LogP contribution < -0.4 is 10.1 Å². The van der Waals surface area contributed by atoms with E-state index in [0.29, 0.717) is 11.7 Å². The van der Waals surface area contributed by atoms with Gasteiger partial charge in [0.15, 0.2) is 11.6 Å². The molecule has 1 aromatic rings. The molecule has 0 aliphatic heterocycles. The number of benzene rings is 1. The molecule has 1 unspecified atom stereocenters. The highest BCUT2D eigenvalue weighted by atomic mass is 19.1. The van der Waals surface area contributed by atoms with Gasteiger partial charge in [0, 0.05) is 6.04 Å². The minimum Gasteiger partial charge on any atom is -0.494 e. The van der Waals surface area contributed by atoms with Gasteiger partial charge in [-0.1, -0.05) is 39.7 Å². The lowest BCUT2D eigenvalue weighted by molar-refractivity contribution is 0.369. The van der Waals surface area contributed by atoms with E-state index in [0.717, 1.165) is 31.4 Å². The first-order chi connectivity index (χ1) is 9.15. The molecule has 0 radical (unpaired) electrons. The number of methoxy groups -OCH3 is 1. The molecule has 1 N–H and O–H groups in total. The normalized spacial score (nSPS) is 12.7. The van der Waals surface area contributed by atoms with Crippen LogP contribution in [0.2, 0.25) is 0 Å². The minimum absolute atomic E-state index is 0.218. The van der Waals surface area contributed by atoms with Crippen LogP contribution in [-0.2, 0) is 0 Å². The number of hydrogen-bond acceptors (Lipinski definition) is 2. The van der Waals surface area contributed by atoms with Crippen LogP contribution in [0, 0.1) is 11.7 Å². The third kappa shape index (κ3) is 4.50. The Morgan fingerprint density at radius 3 is 2.37 bits per heavy atom. The molecule has 0 heterocycles. The van der Waals surface area contributed by atoms with Gasteiger partial charge in [-0.3, -0.25) is 0 Å². The molecule has 108 valence electrons. The van der Waals surface area contributed by atoms with Crippen LogP contribution in [0.5, 0.6) is 5.75 Å². The first-order valence-corrected chi connectivity index (χ1v) is 7.22. The monoisotopic (exact) mass is 267 g/mol. The van der Waals surface area contributed by atoms with Crippen molar-refractivity contribution < 1.29 is 9.13 Å². The summed E-state index contributed by atoms with van der Waals surface area (Å²) in [6.45, 7) is 7.40. The van der Waals surface area contributed by atoms with Crippen LogP contribution in [-0.4, -0.2) is 13.7 Å². The summed E-state index contributed by atoms with van der Waals surface area (Å²) in [5, 5.41) is 3.46. The Labute approximate surface area is 116 Å². The summed E-state index contributed by atoms with van der Waals surface area (Å²) < 4.78 is 18.8. The van der Waals surface area contributed by atoms with E-state index in [2.05, 4.69) is 26.1 Å². The van der Waals surface area contributed by atoms with E-state index in [4.69, 9.17) is 4.74 Å². The van der Waals surface area contributed by atoms with Gasteiger partial charge < -0.3 is 10.1 Å². The van der Waals surface area contributed by atoms with Crippen molar-refractivity contribution in [3.05, 3.63) is 29.6 Å². The van der Waals surface area contributed by atoms with Crippen molar-refractivity contribution in [2.45, 2.75) is 46.1 Å². The highest BCUT2D eigenvalue weighted by Gasteiger charge is 2.16. The van der Waals surface area contributed by atoms with E-state index in [1.165, 1.54) is 7.11 Å². The Balaban J connectivity index is 2.88. The average Bonchev–Trinajstić information content (AvgIpc) is 2.43.